The van der Waals surface area contributed by atoms with Crippen LogP contribution >= 0.6 is 0 Å². The lowest BCUT2D eigenvalue weighted by Crippen LogP contribution is -2.46. The molecule has 1 aromatic heterocycles. The molecular weight excluding hydrogens is 252 g/mol. The van der Waals surface area contributed by atoms with E-state index in [-0.39, 0.29) is 5.76 Å². The Labute approximate surface area is 118 Å². The molecule has 2 aromatic rings. The van der Waals surface area contributed by atoms with E-state index in [1.807, 2.05) is 12.1 Å². The molecule has 5 heteroatoms. The SMILES string of the molecule is N#Cc1cc(N2CCN(Cc3ccccc3)CC2)no1. The standard InChI is InChI=1S/C15H16N4O/c16-11-14-10-15(17-20-14)19-8-6-18(7-9-19)12-13-4-2-1-3-5-13/h1-5,10H,6-9,12H2. The highest BCUT2D eigenvalue weighted by Gasteiger charge is 2.19. The Bertz CT molecular complexity index is 594. The summed E-state index contributed by atoms with van der Waals surface area (Å²) < 4.78 is 4.92. The lowest BCUT2D eigenvalue weighted by atomic mass is 10.2. The zero-order valence-corrected chi connectivity index (χ0v) is 11.2. The van der Waals surface area contributed by atoms with Crippen LogP contribution in [0.1, 0.15) is 11.3 Å². The third-order valence-electron chi connectivity index (χ3n) is 3.55. The average Bonchev–Trinajstić information content (AvgIpc) is 2.98. The van der Waals surface area contributed by atoms with Gasteiger partial charge >= 0.3 is 0 Å². The summed E-state index contributed by atoms with van der Waals surface area (Å²) in [7, 11) is 0. The molecule has 0 N–H and O–H groups in total. The number of nitriles is 1. The largest absolute Gasteiger partial charge is 0.351 e. The van der Waals surface area contributed by atoms with Crippen LogP contribution in [0, 0.1) is 11.3 Å². The molecule has 0 radical (unpaired) electrons. The number of benzene rings is 1. The molecular formula is C15H16N4O. The van der Waals surface area contributed by atoms with Gasteiger partial charge in [-0.2, -0.15) is 5.26 Å². The van der Waals surface area contributed by atoms with Gasteiger partial charge in [-0.05, 0) is 5.56 Å². The molecule has 1 aromatic carbocycles. The Kier molecular flexibility index (Phi) is 3.66. The van der Waals surface area contributed by atoms with E-state index in [4.69, 9.17) is 9.78 Å². The van der Waals surface area contributed by atoms with Gasteiger partial charge in [-0.25, -0.2) is 0 Å². The van der Waals surface area contributed by atoms with Gasteiger partial charge in [0, 0.05) is 38.8 Å². The van der Waals surface area contributed by atoms with Crippen LogP contribution < -0.4 is 4.90 Å². The van der Waals surface area contributed by atoms with Crippen molar-refractivity contribution in [3.63, 3.8) is 0 Å². The first-order valence-electron chi connectivity index (χ1n) is 6.73. The summed E-state index contributed by atoms with van der Waals surface area (Å²) in [5.41, 5.74) is 1.34. The van der Waals surface area contributed by atoms with Crippen molar-refractivity contribution in [3.8, 4) is 6.07 Å². The summed E-state index contributed by atoms with van der Waals surface area (Å²) in [6, 6.07) is 14.2. The van der Waals surface area contributed by atoms with Crippen molar-refractivity contribution >= 4 is 5.82 Å². The van der Waals surface area contributed by atoms with E-state index in [1.165, 1.54) is 5.56 Å². The van der Waals surface area contributed by atoms with Gasteiger partial charge in [-0.3, -0.25) is 4.90 Å². The van der Waals surface area contributed by atoms with Gasteiger partial charge in [0.2, 0.25) is 5.76 Å². The first-order chi connectivity index (χ1) is 9.85. The summed E-state index contributed by atoms with van der Waals surface area (Å²) in [4.78, 5) is 4.59. The number of anilines is 1. The Balaban J connectivity index is 1.56. The van der Waals surface area contributed by atoms with Gasteiger partial charge < -0.3 is 9.42 Å². The van der Waals surface area contributed by atoms with Crippen LogP contribution in [0.2, 0.25) is 0 Å². The second-order valence-corrected chi connectivity index (χ2v) is 4.91. The second kappa shape index (κ2) is 5.76. The molecule has 1 aliphatic heterocycles. The maximum Gasteiger partial charge on any atom is 0.238 e. The van der Waals surface area contributed by atoms with Crippen molar-refractivity contribution in [2.45, 2.75) is 6.54 Å². The number of aromatic nitrogens is 1. The van der Waals surface area contributed by atoms with Gasteiger partial charge in [0.15, 0.2) is 5.82 Å². The predicted octanol–water partition coefficient (Wildman–Crippen LogP) is 1.87. The molecule has 5 nitrogen and oxygen atoms in total. The summed E-state index contributed by atoms with van der Waals surface area (Å²) in [5, 5.41) is 12.7. The van der Waals surface area contributed by atoms with Gasteiger partial charge in [-0.1, -0.05) is 35.5 Å². The van der Waals surface area contributed by atoms with Crippen molar-refractivity contribution < 1.29 is 4.52 Å². The van der Waals surface area contributed by atoms with E-state index >= 15 is 0 Å². The van der Waals surface area contributed by atoms with Crippen molar-refractivity contribution in [1.82, 2.24) is 10.1 Å². The summed E-state index contributed by atoms with van der Waals surface area (Å²) >= 11 is 0. The fraction of sp³-hybridized carbons (Fsp3) is 0.333. The molecule has 2 heterocycles. The fourth-order valence-corrected chi connectivity index (χ4v) is 2.44. The number of hydrogen-bond acceptors (Lipinski definition) is 5. The zero-order chi connectivity index (χ0) is 13.8. The fourth-order valence-electron chi connectivity index (χ4n) is 2.44. The number of hydrogen-bond donors (Lipinski definition) is 0. The van der Waals surface area contributed by atoms with E-state index in [1.54, 1.807) is 6.07 Å². The highest BCUT2D eigenvalue weighted by Crippen LogP contribution is 2.17. The Hall–Kier alpha value is -2.32. The lowest BCUT2D eigenvalue weighted by Gasteiger charge is -2.34. The van der Waals surface area contributed by atoms with E-state index in [0.29, 0.717) is 0 Å². The molecule has 102 valence electrons. The van der Waals surface area contributed by atoms with Crippen molar-refractivity contribution in [2.75, 3.05) is 31.1 Å². The zero-order valence-electron chi connectivity index (χ0n) is 11.2. The minimum atomic E-state index is 0.270. The molecule has 3 rings (SSSR count). The first-order valence-corrected chi connectivity index (χ1v) is 6.73. The van der Waals surface area contributed by atoms with Crippen LogP contribution in [-0.2, 0) is 6.54 Å². The first kappa shape index (κ1) is 12.7. The van der Waals surface area contributed by atoms with Gasteiger partial charge in [-0.15, -0.1) is 0 Å². The van der Waals surface area contributed by atoms with Gasteiger partial charge in [0.05, 0.1) is 0 Å². The van der Waals surface area contributed by atoms with Crippen LogP contribution in [0.4, 0.5) is 5.82 Å². The van der Waals surface area contributed by atoms with Crippen LogP contribution in [-0.4, -0.2) is 36.2 Å². The topological polar surface area (TPSA) is 56.3 Å². The Morgan fingerprint density at radius 1 is 1.15 bits per heavy atom. The maximum absolute atomic E-state index is 8.74. The van der Waals surface area contributed by atoms with Crippen LogP contribution in [0.5, 0.6) is 0 Å². The molecule has 20 heavy (non-hydrogen) atoms. The van der Waals surface area contributed by atoms with Crippen LogP contribution in [0.15, 0.2) is 40.9 Å². The highest BCUT2D eigenvalue weighted by atomic mass is 16.5. The average molecular weight is 268 g/mol. The second-order valence-electron chi connectivity index (χ2n) is 4.91. The molecule has 0 bridgehead atoms. The van der Waals surface area contributed by atoms with Crippen molar-refractivity contribution in [2.24, 2.45) is 0 Å². The van der Waals surface area contributed by atoms with E-state index in [9.17, 15) is 0 Å². The molecule has 1 saturated heterocycles. The highest BCUT2D eigenvalue weighted by molar-refractivity contribution is 5.41. The van der Waals surface area contributed by atoms with Crippen molar-refractivity contribution in [1.29, 1.82) is 5.26 Å². The quantitative estimate of drug-likeness (QED) is 0.850. The van der Waals surface area contributed by atoms with Crippen LogP contribution in [0.3, 0.4) is 0 Å². The predicted molar refractivity (Wildman–Crippen MR) is 75.2 cm³/mol. The van der Waals surface area contributed by atoms with E-state index < -0.39 is 0 Å². The molecule has 0 aliphatic carbocycles. The summed E-state index contributed by atoms with van der Waals surface area (Å²) in [6.07, 6.45) is 0. The third-order valence-corrected chi connectivity index (χ3v) is 3.55. The normalized spacial score (nSPS) is 16.1. The number of rotatable bonds is 3. The summed E-state index contributed by atoms with van der Waals surface area (Å²) in [5.74, 6) is 1.03. The van der Waals surface area contributed by atoms with Gasteiger partial charge in [0.25, 0.3) is 0 Å². The molecule has 0 atom stereocenters. The number of piperazine rings is 1. The third kappa shape index (κ3) is 2.81. The molecule has 1 aliphatic rings. The molecule has 0 amide bonds. The Morgan fingerprint density at radius 3 is 2.55 bits per heavy atom. The number of nitrogens with zero attached hydrogens (tertiary/aromatic N) is 4. The van der Waals surface area contributed by atoms with Crippen LogP contribution in [0.25, 0.3) is 0 Å². The van der Waals surface area contributed by atoms with Crippen molar-refractivity contribution in [3.05, 3.63) is 47.7 Å². The molecule has 0 saturated carbocycles. The molecule has 1 fully saturated rings. The Morgan fingerprint density at radius 2 is 1.90 bits per heavy atom. The van der Waals surface area contributed by atoms with E-state index in [0.717, 1.165) is 38.5 Å². The monoisotopic (exact) mass is 268 g/mol. The molecule has 0 unspecified atom stereocenters. The smallest absolute Gasteiger partial charge is 0.238 e. The molecule has 0 spiro atoms. The van der Waals surface area contributed by atoms with Gasteiger partial charge in [0.1, 0.15) is 6.07 Å². The lowest BCUT2D eigenvalue weighted by molar-refractivity contribution is 0.248. The maximum atomic E-state index is 8.74. The summed E-state index contributed by atoms with van der Waals surface area (Å²) in [6.45, 7) is 4.78. The van der Waals surface area contributed by atoms with E-state index in [2.05, 4.69) is 39.2 Å². The minimum absolute atomic E-state index is 0.270. The minimum Gasteiger partial charge on any atom is -0.351 e.